The standard InChI is InChI=1S/C19H32N4O3/c1-15(2)19-20-17(26-21-19)7-3-8-18(24)23-10-5-9-22(11-12-23)14-16-6-4-13-25-16/h15-16H,3-14H2,1-2H3. The van der Waals surface area contributed by atoms with Gasteiger partial charge in [0.05, 0.1) is 6.10 Å². The van der Waals surface area contributed by atoms with E-state index >= 15 is 0 Å². The number of carbonyl (C=O) groups excluding carboxylic acids is 1. The van der Waals surface area contributed by atoms with Gasteiger partial charge < -0.3 is 14.2 Å². The molecule has 26 heavy (non-hydrogen) atoms. The Balaban J connectivity index is 1.37. The second-order valence-corrected chi connectivity index (χ2v) is 7.72. The van der Waals surface area contributed by atoms with E-state index in [9.17, 15) is 4.79 Å². The van der Waals surface area contributed by atoms with Crippen LogP contribution in [0.4, 0.5) is 0 Å². The molecule has 3 rings (SSSR count). The average Bonchev–Trinajstić information content (AvgIpc) is 3.24. The summed E-state index contributed by atoms with van der Waals surface area (Å²) in [5.74, 6) is 1.89. The molecule has 2 aliphatic rings. The molecule has 1 amide bonds. The van der Waals surface area contributed by atoms with Gasteiger partial charge in [0.15, 0.2) is 5.82 Å². The highest BCUT2D eigenvalue weighted by Crippen LogP contribution is 2.15. The first-order valence-electron chi connectivity index (χ1n) is 10.1. The first kappa shape index (κ1) is 19.3. The van der Waals surface area contributed by atoms with Crippen molar-refractivity contribution < 1.29 is 14.1 Å². The molecule has 1 aromatic heterocycles. The van der Waals surface area contributed by atoms with Crippen LogP contribution < -0.4 is 0 Å². The SMILES string of the molecule is CC(C)c1noc(CCCC(=O)N2CCCN(CC3CCCO3)CC2)n1. The number of ether oxygens (including phenoxy) is 1. The average molecular weight is 364 g/mol. The van der Waals surface area contributed by atoms with Crippen molar-refractivity contribution in [3.63, 3.8) is 0 Å². The fourth-order valence-corrected chi connectivity index (χ4v) is 3.63. The summed E-state index contributed by atoms with van der Waals surface area (Å²) >= 11 is 0. The molecule has 3 heterocycles. The Hall–Kier alpha value is -1.47. The Labute approximate surface area is 156 Å². The molecule has 2 fully saturated rings. The molecule has 7 nitrogen and oxygen atoms in total. The zero-order valence-electron chi connectivity index (χ0n) is 16.2. The van der Waals surface area contributed by atoms with E-state index in [4.69, 9.17) is 9.26 Å². The third-order valence-electron chi connectivity index (χ3n) is 5.21. The van der Waals surface area contributed by atoms with Crippen LogP contribution in [0.2, 0.25) is 0 Å². The third-order valence-corrected chi connectivity index (χ3v) is 5.21. The maximum absolute atomic E-state index is 12.5. The van der Waals surface area contributed by atoms with Gasteiger partial charge in [-0.2, -0.15) is 4.98 Å². The van der Waals surface area contributed by atoms with Crippen LogP contribution in [-0.4, -0.2) is 71.3 Å². The molecule has 1 aromatic rings. The van der Waals surface area contributed by atoms with Gasteiger partial charge >= 0.3 is 0 Å². The molecular formula is C19H32N4O3. The Bertz CT molecular complexity index is 569. The van der Waals surface area contributed by atoms with Crippen LogP contribution in [0.25, 0.3) is 0 Å². The van der Waals surface area contributed by atoms with Crippen LogP contribution in [-0.2, 0) is 16.0 Å². The summed E-state index contributed by atoms with van der Waals surface area (Å²) < 4.78 is 11.0. The smallest absolute Gasteiger partial charge is 0.226 e. The van der Waals surface area contributed by atoms with Crippen LogP contribution in [0.3, 0.4) is 0 Å². The fraction of sp³-hybridized carbons (Fsp3) is 0.842. The van der Waals surface area contributed by atoms with Gasteiger partial charge in [0, 0.05) is 51.5 Å². The van der Waals surface area contributed by atoms with Gasteiger partial charge in [0.2, 0.25) is 11.8 Å². The molecule has 0 radical (unpaired) electrons. The predicted octanol–water partition coefficient (Wildman–Crippen LogP) is 2.23. The van der Waals surface area contributed by atoms with E-state index in [1.165, 1.54) is 12.8 Å². The molecule has 146 valence electrons. The minimum Gasteiger partial charge on any atom is -0.377 e. The normalized spacial score (nSPS) is 22.1. The van der Waals surface area contributed by atoms with Crippen LogP contribution in [0.1, 0.15) is 63.6 Å². The number of hydrogen-bond acceptors (Lipinski definition) is 6. The second-order valence-electron chi connectivity index (χ2n) is 7.72. The summed E-state index contributed by atoms with van der Waals surface area (Å²) in [4.78, 5) is 21.4. The van der Waals surface area contributed by atoms with E-state index in [0.717, 1.165) is 58.0 Å². The van der Waals surface area contributed by atoms with Crippen molar-refractivity contribution >= 4 is 5.91 Å². The van der Waals surface area contributed by atoms with Gasteiger partial charge in [-0.25, -0.2) is 0 Å². The van der Waals surface area contributed by atoms with Crippen molar-refractivity contribution in [2.75, 3.05) is 39.3 Å². The van der Waals surface area contributed by atoms with Crippen molar-refractivity contribution in [2.45, 2.75) is 64.4 Å². The van der Waals surface area contributed by atoms with E-state index in [1.807, 2.05) is 18.7 Å². The molecular weight excluding hydrogens is 332 g/mol. The number of aryl methyl sites for hydroxylation is 1. The lowest BCUT2D eigenvalue weighted by atomic mass is 10.2. The minimum absolute atomic E-state index is 0.243. The number of aromatic nitrogens is 2. The topological polar surface area (TPSA) is 71.7 Å². The summed E-state index contributed by atoms with van der Waals surface area (Å²) in [6, 6.07) is 0. The summed E-state index contributed by atoms with van der Waals surface area (Å²) in [5.41, 5.74) is 0. The number of rotatable bonds is 7. The largest absolute Gasteiger partial charge is 0.377 e. The van der Waals surface area contributed by atoms with Crippen molar-refractivity contribution in [1.29, 1.82) is 0 Å². The quantitative estimate of drug-likeness (QED) is 0.739. The number of amides is 1. The first-order valence-corrected chi connectivity index (χ1v) is 10.1. The molecule has 0 bridgehead atoms. The molecule has 2 aliphatic heterocycles. The molecule has 0 aromatic carbocycles. The zero-order valence-corrected chi connectivity index (χ0v) is 16.2. The van der Waals surface area contributed by atoms with Crippen molar-refractivity contribution in [3.05, 3.63) is 11.7 Å². The molecule has 1 atom stereocenters. The Morgan fingerprint density at radius 2 is 2.12 bits per heavy atom. The molecule has 1 unspecified atom stereocenters. The maximum Gasteiger partial charge on any atom is 0.226 e. The lowest BCUT2D eigenvalue weighted by molar-refractivity contribution is -0.131. The number of hydrogen-bond donors (Lipinski definition) is 0. The highest BCUT2D eigenvalue weighted by Gasteiger charge is 2.23. The van der Waals surface area contributed by atoms with E-state index in [2.05, 4.69) is 15.0 Å². The highest BCUT2D eigenvalue weighted by molar-refractivity contribution is 5.76. The molecule has 0 N–H and O–H groups in total. The number of nitrogens with zero attached hydrogens (tertiary/aromatic N) is 4. The van der Waals surface area contributed by atoms with Crippen molar-refractivity contribution in [2.24, 2.45) is 0 Å². The second kappa shape index (κ2) is 9.46. The Kier molecular flexibility index (Phi) is 7.02. The zero-order chi connectivity index (χ0) is 18.4. The van der Waals surface area contributed by atoms with Crippen LogP contribution in [0.5, 0.6) is 0 Å². The monoisotopic (exact) mass is 364 g/mol. The molecule has 0 aliphatic carbocycles. The van der Waals surface area contributed by atoms with E-state index in [1.54, 1.807) is 0 Å². The summed E-state index contributed by atoms with van der Waals surface area (Å²) in [6.07, 6.45) is 5.77. The Morgan fingerprint density at radius 3 is 2.85 bits per heavy atom. The summed E-state index contributed by atoms with van der Waals surface area (Å²) in [6.45, 7) is 9.69. The van der Waals surface area contributed by atoms with Crippen molar-refractivity contribution in [3.8, 4) is 0 Å². The lowest BCUT2D eigenvalue weighted by Crippen LogP contribution is -2.37. The molecule has 0 spiro atoms. The Morgan fingerprint density at radius 1 is 1.23 bits per heavy atom. The first-order chi connectivity index (χ1) is 12.6. The van der Waals surface area contributed by atoms with Crippen LogP contribution in [0.15, 0.2) is 4.52 Å². The maximum atomic E-state index is 12.5. The lowest BCUT2D eigenvalue weighted by Gasteiger charge is -2.24. The van der Waals surface area contributed by atoms with Gasteiger partial charge in [-0.15, -0.1) is 0 Å². The molecule has 0 saturated carbocycles. The minimum atomic E-state index is 0.243. The van der Waals surface area contributed by atoms with E-state index in [-0.39, 0.29) is 11.8 Å². The fourth-order valence-electron chi connectivity index (χ4n) is 3.63. The highest BCUT2D eigenvalue weighted by atomic mass is 16.5. The predicted molar refractivity (Wildman–Crippen MR) is 97.9 cm³/mol. The van der Waals surface area contributed by atoms with Crippen LogP contribution in [0, 0.1) is 0 Å². The van der Waals surface area contributed by atoms with Gasteiger partial charge in [0.25, 0.3) is 0 Å². The summed E-state index contributed by atoms with van der Waals surface area (Å²) in [5, 5.41) is 3.97. The molecule has 2 saturated heterocycles. The van der Waals surface area contributed by atoms with Crippen LogP contribution >= 0.6 is 0 Å². The van der Waals surface area contributed by atoms with Gasteiger partial charge in [0.1, 0.15) is 0 Å². The van der Waals surface area contributed by atoms with Gasteiger partial charge in [-0.1, -0.05) is 19.0 Å². The number of carbonyl (C=O) groups is 1. The third kappa shape index (κ3) is 5.51. The van der Waals surface area contributed by atoms with Gasteiger partial charge in [-0.05, 0) is 32.2 Å². The summed E-state index contributed by atoms with van der Waals surface area (Å²) in [7, 11) is 0. The van der Waals surface area contributed by atoms with Crippen molar-refractivity contribution in [1.82, 2.24) is 19.9 Å². The van der Waals surface area contributed by atoms with Gasteiger partial charge in [-0.3, -0.25) is 9.69 Å². The van der Waals surface area contributed by atoms with E-state index < -0.39 is 0 Å². The van der Waals surface area contributed by atoms with E-state index in [0.29, 0.717) is 24.8 Å². The molecule has 7 heteroatoms.